The second-order valence-electron chi connectivity index (χ2n) is 6.40. The van der Waals surface area contributed by atoms with Gasteiger partial charge in [0.05, 0.1) is 6.26 Å². The van der Waals surface area contributed by atoms with E-state index in [1.165, 1.54) is 48.9 Å². The molecule has 0 aliphatic heterocycles. The van der Waals surface area contributed by atoms with Gasteiger partial charge in [-0.3, -0.25) is 4.90 Å². The smallest absolute Gasteiger partial charge is 0.137 e. The molecule has 114 valence electrons. The van der Waals surface area contributed by atoms with Crippen LogP contribution in [0, 0.1) is 0 Å². The summed E-state index contributed by atoms with van der Waals surface area (Å²) in [6.07, 6.45) is 6.72. The first-order chi connectivity index (χ1) is 10.3. The quantitative estimate of drug-likeness (QED) is 0.771. The van der Waals surface area contributed by atoms with Crippen molar-refractivity contribution < 1.29 is 4.42 Å². The van der Waals surface area contributed by atoms with Gasteiger partial charge in [-0.25, -0.2) is 0 Å². The lowest BCUT2D eigenvalue weighted by atomic mass is 9.79. The molecule has 0 saturated carbocycles. The largest absolute Gasteiger partial charge is 0.464 e. The van der Waals surface area contributed by atoms with Gasteiger partial charge in [-0.1, -0.05) is 32.9 Å². The molecule has 0 spiro atoms. The van der Waals surface area contributed by atoms with Crippen LogP contribution in [0.2, 0.25) is 0 Å². The summed E-state index contributed by atoms with van der Waals surface area (Å²) in [5.41, 5.74) is 4.08. The van der Waals surface area contributed by atoms with E-state index in [0.29, 0.717) is 12.0 Å². The Morgan fingerprint density at radius 1 is 1.14 bits per heavy atom. The van der Waals surface area contributed by atoms with Crippen LogP contribution < -0.4 is 0 Å². The van der Waals surface area contributed by atoms with Gasteiger partial charge in [-0.2, -0.15) is 0 Å². The highest BCUT2D eigenvalue weighted by molar-refractivity contribution is 5.82. The number of hydrogen-bond donors (Lipinski definition) is 0. The predicted octanol–water partition coefficient (Wildman–Crippen LogP) is 4.97. The lowest BCUT2D eigenvalue weighted by molar-refractivity contribution is 0.159. The Hall–Kier alpha value is -1.28. The van der Waals surface area contributed by atoms with Gasteiger partial charge in [0.1, 0.15) is 5.58 Å². The van der Waals surface area contributed by atoms with Crippen molar-refractivity contribution in [2.45, 2.75) is 58.4 Å². The van der Waals surface area contributed by atoms with Crippen molar-refractivity contribution in [3.8, 4) is 0 Å². The van der Waals surface area contributed by atoms with E-state index in [4.69, 9.17) is 4.42 Å². The zero-order valence-electron chi connectivity index (χ0n) is 13.6. The van der Waals surface area contributed by atoms with E-state index in [0.717, 1.165) is 12.0 Å². The maximum Gasteiger partial charge on any atom is 0.137 e. The van der Waals surface area contributed by atoms with Crippen molar-refractivity contribution in [2.24, 2.45) is 0 Å². The second-order valence-corrected chi connectivity index (χ2v) is 6.40. The van der Waals surface area contributed by atoms with Crippen molar-refractivity contribution in [2.75, 3.05) is 13.1 Å². The van der Waals surface area contributed by atoms with Gasteiger partial charge >= 0.3 is 0 Å². The summed E-state index contributed by atoms with van der Waals surface area (Å²) >= 11 is 0. The molecule has 0 N–H and O–H groups in total. The lowest BCUT2D eigenvalue weighted by Gasteiger charge is -2.39. The molecular formula is C19H27NO. The lowest BCUT2D eigenvalue weighted by Crippen LogP contribution is -2.42. The Kier molecular flexibility index (Phi) is 4.34. The van der Waals surface area contributed by atoms with Gasteiger partial charge < -0.3 is 4.42 Å². The first kappa shape index (κ1) is 14.6. The van der Waals surface area contributed by atoms with E-state index < -0.39 is 0 Å². The number of furan rings is 1. The second kappa shape index (κ2) is 6.23. The number of aryl methyl sites for hydroxylation is 1. The summed E-state index contributed by atoms with van der Waals surface area (Å²) in [7, 11) is 0. The van der Waals surface area contributed by atoms with Crippen molar-refractivity contribution in [3.05, 3.63) is 35.6 Å². The van der Waals surface area contributed by atoms with Crippen LogP contribution in [0.25, 0.3) is 11.0 Å². The highest BCUT2D eigenvalue weighted by Gasteiger charge is 2.31. The average Bonchev–Trinajstić information content (AvgIpc) is 2.96. The molecule has 0 unspecified atom stereocenters. The fourth-order valence-electron chi connectivity index (χ4n) is 4.06. The van der Waals surface area contributed by atoms with Crippen LogP contribution >= 0.6 is 0 Å². The molecule has 21 heavy (non-hydrogen) atoms. The van der Waals surface area contributed by atoms with Gasteiger partial charge in [-0.15, -0.1) is 0 Å². The minimum Gasteiger partial charge on any atom is -0.464 e. The van der Waals surface area contributed by atoms with Crippen LogP contribution in [0.3, 0.4) is 0 Å². The molecule has 0 saturated heterocycles. The van der Waals surface area contributed by atoms with Crippen molar-refractivity contribution in [1.29, 1.82) is 0 Å². The third-order valence-electron chi connectivity index (χ3n) is 5.01. The highest BCUT2D eigenvalue weighted by atomic mass is 16.3. The summed E-state index contributed by atoms with van der Waals surface area (Å²) < 4.78 is 5.74. The topological polar surface area (TPSA) is 16.4 Å². The van der Waals surface area contributed by atoms with Crippen LogP contribution in [-0.4, -0.2) is 24.0 Å². The van der Waals surface area contributed by atoms with Crippen LogP contribution in [0.4, 0.5) is 0 Å². The Balaban J connectivity index is 1.92. The molecule has 2 nitrogen and oxygen atoms in total. The minimum absolute atomic E-state index is 0.598. The molecule has 3 rings (SSSR count). The molecule has 0 bridgehead atoms. The molecule has 0 amide bonds. The summed E-state index contributed by atoms with van der Waals surface area (Å²) in [5.74, 6) is 0.598. The van der Waals surface area contributed by atoms with Crippen molar-refractivity contribution in [1.82, 2.24) is 4.90 Å². The van der Waals surface area contributed by atoms with Gasteiger partial charge in [0.2, 0.25) is 0 Å². The van der Waals surface area contributed by atoms with Crippen LogP contribution in [0.1, 0.15) is 57.1 Å². The number of hydrogen-bond acceptors (Lipinski definition) is 2. The first-order valence-electron chi connectivity index (χ1n) is 8.49. The standard InChI is InChI=1S/C19H27NO/c1-4-11-20(12-5-2)18-9-8-17-16(14(18)3)7-6-15-10-13-21-19(15)17/h6-7,10,13-14,18H,4-5,8-9,11-12H2,1-3H3/t14-,18+/m0/s1. The maximum absolute atomic E-state index is 5.74. The molecular weight excluding hydrogens is 258 g/mol. The molecule has 2 heteroatoms. The van der Waals surface area contributed by atoms with Gasteiger partial charge in [0.15, 0.2) is 0 Å². The third-order valence-corrected chi connectivity index (χ3v) is 5.01. The van der Waals surface area contributed by atoms with Gasteiger partial charge in [0, 0.05) is 11.4 Å². The molecule has 1 heterocycles. The zero-order valence-corrected chi connectivity index (χ0v) is 13.6. The summed E-state index contributed by atoms with van der Waals surface area (Å²) in [5, 5.41) is 1.25. The minimum atomic E-state index is 0.598. The van der Waals surface area contributed by atoms with E-state index in [-0.39, 0.29) is 0 Å². The molecule has 1 aliphatic carbocycles. The maximum atomic E-state index is 5.74. The van der Waals surface area contributed by atoms with E-state index >= 15 is 0 Å². The normalized spacial score (nSPS) is 21.9. The Morgan fingerprint density at radius 3 is 2.62 bits per heavy atom. The summed E-state index contributed by atoms with van der Waals surface area (Å²) in [4.78, 5) is 2.71. The fourth-order valence-corrected chi connectivity index (χ4v) is 4.06. The Morgan fingerprint density at radius 2 is 1.90 bits per heavy atom. The highest BCUT2D eigenvalue weighted by Crippen LogP contribution is 2.38. The summed E-state index contributed by atoms with van der Waals surface area (Å²) in [6.45, 7) is 9.42. The van der Waals surface area contributed by atoms with E-state index in [1.54, 1.807) is 0 Å². The van der Waals surface area contributed by atoms with Crippen molar-refractivity contribution in [3.63, 3.8) is 0 Å². The number of benzene rings is 1. The molecule has 0 fully saturated rings. The molecule has 2 atom stereocenters. The molecule has 1 aromatic carbocycles. The monoisotopic (exact) mass is 285 g/mol. The summed E-state index contributed by atoms with van der Waals surface area (Å²) in [6, 6.07) is 7.32. The molecule has 1 aromatic heterocycles. The third kappa shape index (κ3) is 2.62. The number of rotatable bonds is 5. The van der Waals surface area contributed by atoms with E-state index in [2.05, 4.69) is 43.9 Å². The number of fused-ring (bicyclic) bond motifs is 3. The van der Waals surface area contributed by atoms with Gasteiger partial charge in [-0.05, 0) is 61.9 Å². The Bertz CT molecular complexity index is 595. The SMILES string of the molecule is CCCN(CCC)[C@@H]1CCc2c(ccc3ccoc23)[C@@H]1C. The average molecular weight is 285 g/mol. The fraction of sp³-hybridized carbons (Fsp3) is 0.579. The van der Waals surface area contributed by atoms with Crippen LogP contribution in [0.15, 0.2) is 28.9 Å². The van der Waals surface area contributed by atoms with E-state index in [1.807, 2.05) is 6.26 Å². The van der Waals surface area contributed by atoms with Crippen LogP contribution in [-0.2, 0) is 6.42 Å². The predicted molar refractivity (Wildman–Crippen MR) is 88.9 cm³/mol. The van der Waals surface area contributed by atoms with Gasteiger partial charge in [0.25, 0.3) is 0 Å². The molecule has 2 aromatic rings. The van der Waals surface area contributed by atoms with Crippen LogP contribution in [0.5, 0.6) is 0 Å². The molecule has 0 radical (unpaired) electrons. The molecule has 1 aliphatic rings. The number of nitrogens with zero attached hydrogens (tertiary/aromatic N) is 1. The zero-order chi connectivity index (χ0) is 14.8. The van der Waals surface area contributed by atoms with E-state index in [9.17, 15) is 0 Å². The van der Waals surface area contributed by atoms with Crippen molar-refractivity contribution >= 4 is 11.0 Å². The first-order valence-corrected chi connectivity index (χ1v) is 8.49. The Labute approximate surface area is 128 Å².